The van der Waals surface area contributed by atoms with Gasteiger partial charge in [0.05, 0.1) is 6.61 Å². The predicted molar refractivity (Wildman–Crippen MR) is 112 cm³/mol. The summed E-state index contributed by atoms with van der Waals surface area (Å²) in [4.78, 5) is 14.8. The largest absolute Gasteiger partial charge is 0.465 e. The number of hydrogen-bond acceptors (Lipinski definition) is 4. The minimum absolute atomic E-state index is 0. The van der Waals surface area contributed by atoms with E-state index in [1.54, 1.807) is 0 Å². The fourth-order valence-corrected chi connectivity index (χ4v) is 3.19. The van der Waals surface area contributed by atoms with Crippen molar-refractivity contribution in [3.8, 4) is 0 Å². The molecule has 27 heavy (non-hydrogen) atoms. The number of carbonyl (C=O) groups is 1. The quantitative estimate of drug-likeness (QED) is 0.726. The van der Waals surface area contributed by atoms with Gasteiger partial charge < -0.3 is 10.1 Å². The second-order valence-electron chi connectivity index (χ2n) is 6.45. The van der Waals surface area contributed by atoms with Crippen molar-refractivity contribution in [3.05, 3.63) is 78.0 Å². The van der Waals surface area contributed by atoms with Crippen LogP contribution in [0, 0.1) is 5.92 Å². The van der Waals surface area contributed by atoms with Gasteiger partial charge in [0.25, 0.3) is 0 Å². The Labute approximate surface area is 167 Å². The van der Waals surface area contributed by atoms with Gasteiger partial charge in [-0.15, -0.1) is 12.4 Å². The summed E-state index contributed by atoms with van der Waals surface area (Å²) in [6.07, 6.45) is 3.09. The molecule has 0 aromatic heterocycles. The van der Waals surface area contributed by atoms with Gasteiger partial charge in [0.1, 0.15) is 5.92 Å². The van der Waals surface area contributed by atoms with Gasteiger partial charge in [0.2, 0.25) is 0 Å². The molecule has 4 nitrogen and oxygen atoms in total. The van der Waals surface area contributed by atoms with Gasteiger partial charge in [-0.05, 0) is 31.0 Å². The van der Waals surface area contributed by atoms with E-state index in [2.05, 4.69) is 40.6 Å². The predicted octanol–water partition coefficient (Wildman–Crippen LogP) is 4.14. The molecule has 1 aliphatic rings. The Kier molecular flexibility index (Phi) is 8.37. The number of esters is 1. The molecule has 0 spiro atoms. The molecule has 0 radical (unpaired) electrons. The van der Waals surface area contributed by atoms with Crippen molar-refractivity contribution >= 4 is 24.1 Å². The fourth-order valence-electron chi connectivity index (χ4n) is 3.19. The number of anilines is 1. The summed E-state index contributed by atoms with van der Waals surface area (Å²) in [5.41, 5.74) is 3.24. The summed E-state index contributed by atoms with van der Waals surface area (Å²) in [5, 5.41) is 3.40. The molecule has 1 heterocycles. The Morgan fingerprint density at radius 1 is 1.11 bits per heavy atom. The van der Waals surface area contributed by atoms with E-state index in [1.807, 2.05) is 43.3 Å². The number of hydrogen-bond donors (Lipinski definition) is 1. The molecule has 1 N–H and O–H groups in total. The average Bonchev–Trinajstić information content (AvgIpc) is 2.69. The van der Waals surface area contributed by atoms with Crippen LogP contribution in [0.25, 0.3) is 0 Å². The number of nitrogens with zero attached hydrogens (tertiary/aromatic N) is 1. The third-order valence-corrected chi connectivity index (χ3v) is 4.58. The second-order valence-corrected chi connectivity index (χ2v) is 6.45. The van der Waals surface area contributed by atoms with Crippen LogP contribution in [0.15, 0.2) is 72.4 Å². The summed E-state index contributed by atoms with van der Waals surface area (Å²) >= 11 is 0. The Morgan fingerprint density at radius 2 is 1.78 bits per heavy atom. The first kappa shape index (κ1) is 21.0. The lowest BCUT2D eigenvalue weighted by Crippen LogP contribution is -2.41. The van der Waals surface area contributed by atoms with E-state index in [-0.39, 0.29) is 24.3 Å². The Bertz CT molecular complexity index is 734. The molecule has 0 aliphatic carbocycles. The maximum atomic E-state index is 12.5. The van der Waals surface area contributed by atoms with Crippen LogP contribution in [0.1, 0.15) is 12.5 Å². The van der Waals surface area contributed by atoms with Crippen LogP contribution in [-0.4, -0.2) is 37.1 Å². The Morgan fingerprint density at radius 3 is 2.44 bits per heavy atom. The highest BCUT2D eigenvalue weighted by atomic mass is 35.5. The van der Waals surface area contributed by atoms with Crippen LogP contribution in [0.5, 0.6) is 0 Å². The molecular formula is C22H27ClN2O2. The molecular weight excluding hydrogens is 360 g/mol. The molecule has 0 fully saturated rings. The first-order valence-corrected chi connectivity index (χ1v) is 9.21. The van der Waals surface area contributed by atoms with E-state index in [0.717, 1.165) is 30.9 Å². The molecule has 0 saturated carbocycles. The number of carbonyl (C=O) groups excluding carboxylic acids is 1. The zero-order valence-electron chi connectivity index (χ0n) is 15.6. The molecule has 2 aromatic carbocycles. The lowest BCUT2D eigenvalue weighted by Gasteiger charge is -2.32. The maximum absolute atomic E-state index is 12.5. The van der Waals surface area contributed by atoms with Crippen LogP contribution >= 0.6 is 12.4 Å². The van der Waals surface area contributed by atoms with Crippen molar-refractivity contribution in [2.45, 2.75) is 13.3 Å². The number of nitrogens with one attached hydrogen (secondary N) is 1. The molecule has 1 atom stereocenters. The summed E-state index contributed by atoms with van der Waals surface area (Å²) in [7, 11) is 0. The summed E-state index contributed by atoms with van der Waals surface area (Å²) in [6.45, 7) is 4.68. The normalized spacial score (nSPS) is 16.8. The number of para-hydroxylation sites is 1. The molecule has 0 bridgehead atoms. The molecule has 2 aromatic rings. The Hall–Kier alpha value is -2.30. The minimum Gasteiger partial charge on any atom is -0.465 e. The van der Waals surface area contributed by atoms with Gasteiger partial charge in [0, 0.05) is 31.0 Å². The SMILES string of the molecule is CCOC(=O)C1CN(CCc2ccccc2)CC=C1Nc1ccccc1.Cl. The van der Waals surface area contributed by atoms with Gasteiger partial charge >= 0.3 is 5.97 Å². The molecule has 1 unspecified atom stereocenters. The number of halogens is 1. The van der Waals surface area contributed by atoms with Crippen molar-refractivity contribution < 1.29 is 9.53 Å². The fraction of sp³-hybridized carbons (Fsp3) is 0.318. The van der Waals surface area contributed by atoms with Gasteiger partial charge in [-0.1, -0.05) is 54.6 Å². The number of benzene rings is 2. The first-order chi connectivity index (χ1) is 12.8. The van der Waals surface area contributed by atoms with E-state index in [4.69, 9.17) is 4.74 Å². The zero-order chi connectivity index (χ0) is 18.2. The lowest BCUT2D eigenvalue weighted by atomic mass is 9.99. The molecule has 0 saturated heterocycles. The van der Waals surface area contributed by atoms with Gasteiger partial charge in [0.15, 0.2) is 0 Å². The molecule has 3 rings (SSSR count). The first-order valence-electron chi connectivity index (χ1n) is 9.21. The van der Waals surface area contributed by atoms with Crippen molar-refractivity contribution in [1.29, 1.82) is 0 Å². The second kappa shape index (κ2) is 10.8. The standard InChI is InChI=1S/C22H26N2O2.ClH/c1-2-26-22(25)20-17-24(15-13-18-9-5-3-6-10-18)16-14-21(20)23-19-11-7-4-8-12-19;/h3-12,14,20,23H,2,13,15-17H2,1H3;1H. The van der Waals surface area contributed by atoms with Crippen LogP contribution in [0.4, 0.5) is 5.69 Å². The zero-order valence-corrected chi connectivity index (χ0v) is 16.5. The van der Waals surface area contributed by atoms with E-state index in [0.29, 0.717) is 13.2 Å². The van der Waals surface area contributed by atoms with Crippen molar-refractivity contribution in [1.82, 2.24) is 4.90 Å². The summed E-state index contributed by atoms with van der Waals surface area (Å²) < 4.78 is 5.31. The molecule has 1 aliphatic heterocycles. The number of rotatable bonds is 7. The Balaban J connectivity index is 0.00000261. The van der Waals surface area contributed by atoms with E-state index < -0.39 is 0 Å². The highest BCUT2D eigenvalue weighted by Gasteiger charge is 2.30. The van der Waals surface area contributed by atoms with E-state index >= 15 is 0 Å². The summed E-state index contributed by atoms with van der Waals surface area (Å²) in [5.74, 6) is -0.439. The smallest absolute Gasteiger partial charge is 0.316 e. The van der Waals surface area contributed by atoms with Gasteiger partial charge in [-0.2, -0.15) is 0 Å². The third-order valence-electron chi connectivity index (χ3n) is 4.58. The monoisotopic (exact) mass is 386 g/mol. The molecule has 144 valence electrons. The van der Waals surface area contributed by atoms with Crippen LogP contribution in [0.2, 0.25) is 0 Å². The highest BCUT2D eigenvalue weighted by molar-refractivity contribution is 5.85. The lowest BCUT2D eigenvalue weighted by molar-refractivity contribution is -0.147. The minimum atomic E-state index is -0.278. The van der Waals surface area contributed by atoms with Gasteiger partial charge in [-0.3, -0.25) is 9.69 Å². The third kappa shape index (κ3) is 6.12. The van der Waals surface area contributed by atoms with Crippen LogP contribution < -0.4 is 5.32 Å². The van der Waals surface area contributed by atoms with Crippen molar-refractivity contribution in [2.24, 2.45) is 5.92 Å². The molecule has 5 heteroatoms. The van der Waals surface area contributed by atoms with E-state index in [1.165, 1.54) is 5.56 Å². The average molecular weight is 387 g/mol. The van der Waals surface area contributed by atoms with E-state index in [9.17, 15) is 4.79 Å². The number of ether oxygens (including phenoxy) is 1. The van der Waals surface area contributed by atoms with Gasteiger partial charge in [-0.25, -0.2) is 0 Å². The van der Waals surface area contributed by atoms with Crippen LogP contribution in [-0.2, 0) is 16.0 Å². The van der Waals surface area contributed by atoms with Crippen molar-refractivity contribution in [2.75, 3.05) is 31.6 Å². The maximum Gasteiger partial charge on any atom is 0.316 e. The van der Waals surface area contributed by atoms with Crippen LogP contribution in [0.3, 0.4) is 0 Å². The summed E-state index contributed by atoms with van der Waals surface area (Å²) in [6, 6.07) is 20.4. The van der Waals surface area contributed by atoms with Crippen molar-refractivity contribution in [3.63, 3.8) is 0 Å². The topological polar surface area (TPSA) is 41.6 Å². The molecule has 0 amide bonds. The highest BCUT2D eigenvalue weighted by Crippen LogP contribution is 2.22.